The summed E-state index contributed by atoms with van der Waals surface area (Å²) in [6.45, 7) is 0. The number of alkyl halides is 1. The van der Waals surface area contributed by atoms with Crippen molar-refractivity contribution in [2.24, 2.45) is 0 Å². The monoisotopic (exact) mass is 320 g/mol. The highest BCUT2D eigenvalue weighted by atomic mass is 79.9. The first-order chi connectivity index (χ1) is 7.99. The molecule has 17 heavy (non-hydrogen) atoms. The maximum atomic E-state index is 11.5. The standard InChI is InChI=1S/C10H13BrN2O3S/c1-12-17(15,16)9-4-2-3-8(7-9)13-10(14)5-6-11/h2-4,7,12H,5-6H2,1H3,(H,13,14). The van der Waals surface area contributed by atoms with Crippen LogP contribution in [-0.2, 0) is 14.8 Å². The summed E-state index contributed by atoms with van der Waals surface area (Å²) >= 11 is 3.15. The quantitative estimate of drug-likeness (QED) is 0.803. The van der Waals surface area contributed by atoms with Gasteiger partial charge in [0.25, 0.3) is 0 Å². The summed E-state index contributed by atoms with van der Waals surface area (Å²) in [5.74, 6) is -0.166. The van der Waals surface area contributed by atoms with Crippen LogP contribution in [0.3, 0.4) is 0 Å². The highest BCUT2D eigenvalue weighted by molar-refractivity contribution is 9.09. The van der Waals surface area contributed by atoms with Gasteiger partial charge in [-0.15, -0.1) is 0 Å². The maximum absolute atomic E-state index is 11.5. The van der Waals surface area contributed by atoms with Gasteiger partial charge in [0.2, 0.25) is 15.9 Å². The summed E-state index contributed by atoms with van der Waals surface area (Å²) in [6, 6.07) is 6.10. The third-order valence-corrected chi connectivity index (χ3v) is 3.83. The van der Waals surface area contributed by atoms with Crippen LogP contribution in [0.25, 0.3) is 0 Å². The summed E-state index contributed by atoms with van der Waals surface area (Å²) in [5.41, 5.74) is 0.465. The fourth-order valence-electron chi connectivity index (χ4n) is 1.17. The Labute approximate surface area is 109 Å². The van der Waals surface area contributed by atoms with E-state index in [9.17, 15) is 13.2 Å². The van der Waals surface area contributed by atoms with Gasteiger partial charge >= 0.3 is 0 Å². The second-order valence-corrected chi connectivity index (χ2v) is 5.90. The fraction of sp³-hybridized carbons (Fsp3) is 0.300. The van der Waals surface area contributed by atoms with E-state index in [1.165, 1.54) is 19.2 Å². The third kappa shape index (κ3) is 4.10. The van der Waals surface area contributed by atoms with Gasteiger partial charge in [0.1, 0.15) is 0 Å². The number of rotatable bonds is 5. The predicted octanol–water partition coefficient (Wildman–Crippen LogP) is 1.32. The first-order valence-electron chi connectivity index (χ1n) is 4.89. The molecule has 0 fully saturated rings. The summed E-state index contributed by atoms with van der Waals surface area (Å²) in [7, 11) is -2.14. The molecular weight excluding hydrogens is 308 g/mol. The van der Waals surface area contributed by atoms with Crippen molar-refractivity contribution in [3.63, 3.8) is 0 Å². The van der Waals surface area contributed by atoms with E-state index in [0.29, 0.717) is 17.4 Å². The van der Waals surface area contributed by atoms with Crippen molar-refractivity contribution in [1.29, 1.82) is 0 Å². The minimum Gasteiger partial charge on any atom is -0.326 e. The van der Waals surface area contributed by atoms with Crippen molar-refractivity contribution >= 4 is 37.5 Å². The number of sulfonamides is 1. The molecule has 5 nitrogen and oxygen atoms in total. The van der Waals surface area contributed by atoms with E-state index >= 15 is 0 Å². The van der Waals surface area contributed by atoms with Crippen LogP contribution in [0, 0.1) is 0 Å². The minimum absolute atomic E-state index is 0.122. The molecule has 0 aromatic heterocycles. The lowest BCUT2D eigenvalue weighted by Crippen LogP contribution is -2.19. The zero-order valence-corrected chi connectivity index (χ0v) is 11.6. The Morgan fingerprint density at radius 2 is 2.12 bits per heavy atom. The zero-order valence-electron chi connectivity index (χ0n) is 9.23. The maximum Gasteiger partial charge on any atom is 0.240 e. The molecule has 0 spiro atoms. The molecule has 0 bridgehead atoms. The first-order valence-corrected chi connectivity index (χ1v) is 7.49. The molecule has 1 rings (SSSR count). The number of hydrogen-bond donors (Lipinski definition) is 2. The normalized spacial score (nSPS) is 11.2. The van der Waals surface area contributed by atoms with E-state index in [1.54, 1.807) is 12.1 Å². The van der Waals surface area contributed by atoms with Crippen molar-refractivity contribution in [2.45, 2.75) is 11.3 Å². The molecule has 0 aliphatic carbocycles. The van der Waals surface area contributed by atoms with E-state index in [1.807, 2.05) is 0 Å². The Bertz CT molecular complexity index is 502. The predicted molar refractivity (Wildman–Crippen MR) is 69.7 cm³/mol. The zero-order chi connectivity index (χ0) is 12.9. The average molecular weight is 321 g/mol. The van der Waals surface area contributed by atoms with Gasteiger partial charge in [-0.25, -0.2) is 13.1 Å². The van der Waals surface area contributed by atoms with E-state index < -0.39 is 10.0 Å². The summed E-state index contributed by atoms with van der Waals surface area (Å²) < 4.78 is 25.3. The molecule has 1 amide bonds. The van der Waals surface area contributed by atoms with Gasteiger partial charge in [0, 0.05) is 17.4 Å². The highest BCUT2D eigenvalue weighted by Crippen LogP contribution is 2.15. The van der Waals surface area contributed by atoms with Gasteiger partial charge in [0.15, 0.2) is 0 Å². The van der Waals surface area contributed by atoms with Crippen LogP contribution >= 0.6 is 15.9 Å². The van der Waals surface area contributed by atoms with E-state index in [0.717, 1.165) is 0 Å². The lowest BCUT2D eigenvalue weighted by Gasteiger charge is -2.07. The summed E-state index contributed by atoms with van der Waals surface area (Å²) in [4.78, 5) is 11.5. The highest BCUT2D eigenvalue weighted by Gasteiger charge is 2.11. The number of benzene rings is 1. The Morgan fingerprint density at radius 1 is 1.41 bits per heavy atom. The second-order valence-electron chi connectivity index (χ2n) is 3.22. The minimum atomic E-state index is -3.48. The lowest BCUT2D eigenvalue weighted by atomic mass is 10.3. The van der Waals surface area contributed by atoms with Crippen LogP contribution in [0.1, 0.15) is 6.42 Å². The molecule has 0 aliphatic rings. The molecule has 0 saturated carbocycles. The number of carbonyl (C=O) groups excluding carboxylic acids is 1. The number of carbonyl (C=O) groups is 1. The second kappa shape index (κ2) is 6.13. The van der Waals surface area contributed by atoms with E-state index in [4.69, 9.17) is 0 Å². The smallest absolute Gasteiger partial charge is 0.240 e. The average Bonchev–Trinajstić information content (AvgIpc) is 2.29. The molecule has 0 unspecified atom stereocenters. The first kappa shape index (κ1) is 14.1. The van der Waals surface area contributed by atoms with Crippen LogP contribution in [0.15, 0.2) is 29.2 Å². The molecule has 0 atom stereocenters. The van der Waals surface area contributed by atoms with Crippen LogP contribution in [0.5, 0.6) is 0 Å². The number of anilines is 1. The topological polar surface area (TPSA) is 75.3 Å². The molecular formula is C10H13BrN2O3S. The summed E-state index contributed by atoms with van der Waals surface area (Å²) in [6.07, 6.45) is 0.336. The van der Waals surface area contributed by atoms with Gasteiger partial charge in [-0.2, -0.15) is 0 Å². The van der Waals surface area contributed by atoms with E-state index in [-0.39, 0.29) is 10.8 Å². The van der Waals surface area contributed by atoms with Crippen LogP contribution < -0.4 is 10.0 Å². The number of amides is 1. The van der Waals surface area contributed by atoms with Gasteiger partial charge in [-0.1, -0.05) is 22.0 Å². The van der Waals surface area contributed by atoms with Gasteiger partial charge < -0.3 is 5.32 Å². The third-order valence-electron chi connectivity index (χ3n) is 2.02. The molecule has 94 valence electrons. The van der Waals surface area contributed by atoms with Crippen LogP contribution in [-0.4, -0.2) is 26.7 Å². The number of hydrogen-bond acceptors (Lipinski definition) is 3. The SMILES string of the molecule is CNS(=O)(=O)c1cccc(NC(=O)CCBr)c1. The van der Waals surface area contributed by atoms with Gasteiger partial charge in [0.05, 0.1) is 4.90 Å². The Morgan fingerprint density at radius 3 is 2.71 bits per heavy atom. The fourth-order valence-corrected chi connectivity index (χ4v) is 2.30. The van der Waals surface area contributed by atoms with Crippen molar-refractivity contribution < 1.29 is 13.2 Å². The van der Waals surface area contributed by atoms with Crippen molar-refractivity contribution in [3.8, 4) is 0 Å². The molecule has 0 saturated heterocycles. The van der Waals surface area contributed by atoms with Crippen LogP contribution in [0.4, 0.5) is 5.69 Å². The van der Waals surface area contributed by atoms with E-state index in [2.05, 4.69) is 26.0 Å². The molecule has 0 aliphatic heterocycles. The van der Waals surface area contributed by atoms with Gasteiger partial charge in [-0.3, -0.25) is 4.79 Å². The van der Waals surface area contributed by atoms with Gasteiger partial charge in [-0.05, 0) is 25.2 Å². The molecule has 0 radical (unpaired) electrons. The molecule has 2 N–H and O–H groups in total. The molecule has 0 heterocycles. The molecule has 1 aromatic rings. The van der Waals surface area contributed by atoms with Crippen molar-refractivity contribution in [1.82, 2.24) is 4.72 Å². The van der Waals surface area contributed by atoms with Crippen molar-refractivity contribution in [2.75, 3.05) is 17.7 Å². The van der Waals surface area contributed by atoms with Crippen LogP contribution in [0.2, 0.25) is 0 Å². The largest absolute Gasteiger partial charge is 0.326 e. The molecule has 7 heteroatoms. The Hall–Kier alpha value is -0.920. The van der Waals surface area contributed by atoms with Crippen molar-refractivity contribution in [3.05, 3.63) is 24.3 Å². The Kier molecular flexibility index (Phi) is 5.10. The molecule has 1 aromatic carbocycles. The Balaban J connectivity index is 2.91. The lowest BCUT2D eigenvalue weighted by molar-refractivity contribution is -0.115. The number of halogens is 1. The number of nitrogens with one attached hydrogen (secondary N) is 2. The summed E-state index contributed by atoms with van der Waals surface area (Å²) in [5, 5.41) is 3.18.